The average molecular weight is 420 g/mol. The second-order valence-electron chi connectivity index (χ2n) is 7.76. The van der Waals surface area contributed by atoms with Crippen molar-refractivity contribution in [1.29, 1.82) is 0 Å². The number of nitrogens with one attached hydrogen (secondary N) is 1. The number of para-hydroxylation sites is 1. The second-order valence-corrected chi connectivity index (χ2v) is 7.76. The first-order valence-electron chi connectivity index (χ1n) is 10.1. The summed E-state index contributed by atoms with van der Waals surface area (Å²) in [5, 5.41) is 2.81. The molecule has 0 spiro atoms. The molecule has 1 N–H and O–H groups in total. The number of carbonyl (C=O) groups excluding carboxylic acids is 3. The molecule has 0 radical (unpaired) electrons. The van der Waals surface area contributed by atoms with Gasteiger partial charge in [-0.1, -0.05) is 23.8 Å². The summed E-state index contributed by atoms with van der Waals surface area (Å²) in [5.41, 5.74) is 2.32. The number of imide groups is 1. The number of amides is 3. The van der Waals surface area contributed by atoms with Gasteiger partial charge in [0.1, 0.15) is 0 Å². The van der Waals surface area contributed by atoms with Gasteiger partial charge >= 0.3 is 0 Å². The molecule has 2 atom stereocenters. The molecule has 0 saturated carbocycles. The molecule has 1 saturated heterocycles. The molecule has 31 heavy (non-hydrogen) atoms. The molecular weight excluding hydrogens is 396 g/mol. The molecule has 7 nitrogen and oxygen atoms in total. The number of nitrogens with zero attached hydrogens (tertiary/aromatic N) is 1. The topological polar surface area (TPSA) is 84.9 Å². The molecule has 4 rings (SSSR count). The van der Waals surface area contributed by atoms with E-state index in [9.17, 15) is 14.4 Å². The minimum atomic E-state index is -0.387. The van der Waals surface area contributed by atoms with Gasteiger partial charge in [-0.25, -0.2) is 0 Å². The third kappa shape index (κ3) is 3.67. The fraction of sp³-hybridized carbons (Fsp3) is 0.292. The molecule has 1 fully saturated rings. The smallest absolute Gasteiger partial charge is 0.255 e. The zero-order chi connectivity index (χ0) is 22.1. The van der Waals surface area contributed by atoms with Gasteiger partial charge in [-0.15, -0.1) is 0 Å². The number of hydrogen-bond donors (Lipinski definition) is 1. The number of ether oxygens (including phenoxy) is 2. The fourth-order valence-corrected chi connectivity index (χ4v) is 4.26. The average Bonchev–Trinajstić information content (AvgIpc) is 3.02. The quantitative estimate of drug-likeness (QED) is 0.587. The lowest BCUT2D eigenvalue weighted by atomic mass is 9.82. The van der Waals surface area contributed by atoms with Crippen molar-refractivity contribution in [1.82, 2.24) is 0 Å². The summed E-state index contributed by atoms with van der Waals surface area (Å²) in [6.45, 7) is 1.98. The molecule has 1 heterocycles. The molecular formula is C24H24N2O5. The number of fused-ring (bicyclic) bond motifs is 1. The Labute approximate surface area is 180 Å². The Balaban J connectivity index is 1.59. The molecule has 160 valence electrons. The Hall–Kier alpha value is -3.61. The van der Waals surface area contributed by atoms with Crippen molar-refractivity contribution >= 4 is 29.1 Å². The van der Waals surface area contributed by atoms with Gasteiger partial charge in [0.2, 0.25) is 11.8 Å². The fourth-order valence-electron chi connectivity index (χ4n) is 4.26. The van der Waals surface area contributed by atoms with Crippen molar-refractivity contribution in [2.45, 2.75) is 19.8 Å². The van der Waals surface area contributed by atoms with Crippen molar-refractivity contribution in [3.05, 3.63) is 59.7 Å². The van der Waals surface area contributed by atoms with E-state index in [2.05, 4.69) is 5.32 Å². The SMILES string of the molecule is COc1cccc(NC(=O)c2cccc(N3C(=O)[C@@H]4CC=C(C)C[C@H]4C3=O)c2)c1OC. The van der Waals surface area contributed by atoms with Crippen LogP contribution in [0.1, 0.15) is 30.1 Å². The van der Waals surface area contributed by atoms with Crippen molar-refractivity contribution in [3.63, 3.8) is 0 Å². The summed E-state index contributed by atoms with van der Waals surface area (Å²) in [7, 11) is 3.01. The van der Waals surface area contributed by atoms with Crippen LogP contribution >= 0.6 is 0 Å². The molecule has 1 aliphatic heterocycles. The largest absolute Gasteiger partial charge is 0.493 e. The van der Waals surface area contributed by atoms with Crippen LogP contribution in [0.25, 0.3) is 0 Å². The Morgan fingerprint density at radius 2 is 1.77 bits per heavy atom. The number of benzene rings is 2. The van der Waals surface area contributed by atoms with Crippen molar-refractivity contribution in [2.24, 2.45) is 11.8 Å². The summed E-state index contributed by atoms with van der Waals surface area (Å²) < 4.78 is 10.6. The van der Waals surface area contributed by atoms with Crippen LogP contribution < -0.4 is 19.7 Å². The maximum absolute atomic E-state index is 13.0. The first-order valence-corrected chi connectivity index (χ1v) is 10.1. The third-order valence-corrected chi connectivity index (χ3v) is 5.84. The molecule has 7 heteroatoms. The molecule has 3 amide bonds. The van der Waals surface area contributed by atoms with Gasteiger partial charge in [-0.3, -0.25) is 19.3 Å². The van der Waals surface area contributed by atoms with Gasteiger partial charge in [-0.2, -0.15) is 0 Å². The summed E-state index contributed by atoms with van der Waals surface area (Å²) in [4.78, 5) is 40.0. The van der Waals surface area contributed by atoms with Crippen LogP contribution in [0.5, 0.6) is 11.5 Å². The lowest BCUT2D eigenvalue weighted by molar-refractivity contribution is -0.122. The molecule has 0 unspecified atom stereocenters. The van der Waals surface area contributed by atoms with E-state index < -0.39 is 0 Å². The summed E-state index contributed by atoms with van der Waals surface area (Å²) >= 11 is 0. The van der Waals surface area contributed by atoms with Gasteiger partial charge < -0.3 is 14.8 Å². The third-order valence-electron chi connectivity index (χ3n) is 5.84. The molecule has 2 aromatic rings. The summed E-state index contributed by atoms with van der Waals surface area (Å²) in [5.74, 6) is -0.534. The predicted octanol–water partition coefficient (Wildman–Crippen LogP) is 3.80. The summed E-state index contributed by atoms with van der Waals surface area (Å²) in [6, 6.07) is 11.7. The van der Waals surface area contributed by atoms with Crippen LogP contribution in [0.15, 0.2) is 54.1 Å². The zero-order valence-corrected chi connectivity index (χ0v) is 17.7. The van der Waals surface area contributed by atoms with Gasteiger partial charge in [-0.05, 0) is 50.1 Å². The number of carbonyl (C=O) groups is 3. The predicted molar refractivity (Wildman–Crippen MR) is 116 cm³/mol. The van der Waals surface area contributed by atoms with E-state index in [1.807, 2.05) is 13.0 Å². The Morgan fingerprint density at radius 1 is 1.03 bits per heavy atom. The maximum Gasteiger partial charge on any atom is 0.255 e. The lowest BCUT2D eigenvalue weighted by Crippen LogP contribution is -2.31. The number of hydrogen-bond acceptors (Lipinski definition) is 5. The van der Waals surface area contributed by atoms with Crippen molar-refractivity contribution in [2.75, 3.05) is 24.4 Å². The second kappa shape index (κ2) is 8.26. The molecule has 2 aliphatic rings. The minimum absolute atomic E-state index is 0.200. The number of rotatable bonds is 5. The van der Waals surface area contributed by atoms with Crippen LogP contribution in [0.2, 0.25) is 0 Å². The first kappa shape index (κ1) is 20.7. The van der Waals surface area contributed by atoms with Crippen LogP contribution in [0.4, 0.5) is 11.4 Å². The van der Waals surface area contributed by atoms with Crippen LogP contribution in [-0.2, 0) is 9.59 Å². The van der Waals surface area contributed by atoms with Crippen LogP contribution in [-0.4, -0.2) is 31.9 Å². The van der Waals surface area contributed by atoms with Gasteiger partial charge in [0.05, 0.1) is 37.4 Å². The molecule has 1 aliphatic carbocycles. The standard InChI is InChI=1S/C24H24N2O5/c1-14-10-11-17-18(12-14)24(29)26(23(17)28)16-7-4-6-15(13-16)22(27)25-19-8-5-9-20(30-2)21(19)31-3/h4-10,13,17-18H,11-12H2,1-3H3,(H,25,27)/t17-,18-/m1/s1. The maximum atomic E-state index is 13.0. The number of anilines is 2. The Morgan fingerprint density at radius 3 is 2.52 bits per heavy atom. The van der Waals surface area contributed by atoms with Crippen molar-refractivity contribution in [3.8, 4) is 11.5 Å². The zero-order valence-electron chi connectivity index (χ0n) is 17.7. The van der Waals surface area contributed by atoms with E-state index in [-0.39, 0.29) is 29.6 Å². The number of allylic oxidation sites excluding steroid dienone is 2. The highest BCUT2D eigenvalue weighted by atomic mass is 16.5. The highest BCUT2D eigenvalue weighted by molar-refractivity contribution is 6.22. The monoisotopic (exact) mass is 420 g/mol. The molecule has 2 aromatic carbocycles. The highest BCUT2D eigenvalue weighted by Crippen LogP contribution is 2.40. The Kier molecular flexibility index (Phi) is 5.50. The van der Waals surface area contributed by atoms with Crippen LogP contribution in [0, 0.1) is 11.8 Å². The van der Waals surface area contributed by atoms with E-state index in [4.69, 9.17) is 9.47 Å². The van der Waals surface area contributed by atoms with E-state index in [1.165, 1.54) is 19.1 Å². The minimum Gasteiger partial charge on any atom is -0.493 e. The van der Waals surface area contributed by atoms with Gasteiger partial charge in [0.15, 0.2) is 11.5 Å². The molecule has 0 bridgehead atoms. The van der Waals surface area contributed by atoms with Crippen molar-refractivity contribution < 1.29 is 23.9 Å². The highest BCUT2D eigenvalue weighted by Gasteiger charge is 2.48. The van der Waals surface area contributed by atoms with Crippen LogP contribution in [0.3, 0.4) is 0 Å². The van der Waals surface area contributed by atoms with Gasteiger partial charge in [0, 0.05) is 5.56 Å². The van der Waals surface area contributed by atoms with E-state index in [0.717, 1.165) is 5.57 Å². The van der Waals surface area contributed by atoms with E-state index in [0.29, 0.717) is 41.3 Å². The van der Waals surface area contributed by atoms with E-state index in [1.54, 1.807) is 42.5 Å². The molecule has 0 aromatic heterocycles. The van der Waals surface area contributed by atoms with E-state index >= 15 is 0 Å². The lowest BCUT2D eigenvalue weighted by Gasteiger charge is -2.18. The number of methoxy groups -OCH3 is 2. The normalized spacial score (nSPS) is 20.2. The Bertz CT molecular complexity index is 1090. The van der Waals surface area contributed by atoms with Gasteiger partial charge in [0.25, 0.3) is 5.91 Å². The summed E-state index contributed by atoms with van der Waals surface area (Å²) in [6.07, 6.45) is 3.20. The first-order chi connectivity index (χ1) is 14.9.